The maximum Gasteiger partial charge on any atom is 0.341 e. The van der Waals surface area contributed by atoms with Gasteiger partial charge in [-0.15, -0.1) is 11.3 Å². The number of aryl methyl sites for hydroxylation is 2. The predicted molar refractivity (Wildman–Crippen MR) is 123 cm³/mol. The van der Waals surface area contributed by atoms with Gasteiger partial charge < -0.3 is 15.4 Å². The Labute approximate surface area is 181 Å². The Bertz CT molecular complexity index is 1040. The van der Waals surface area contributed by atoms with Crippen molar-refractivity contribution in [3.05, 3.63) is 81.7 Å². The fourth-order valence-corrected chi connectivity index (χ4v) is 4.06. The Morgan fingerprint density at radius 1 is 1.03 bits per heavy atom. The van der Waals surface area contributed by atoms with E-state index in [0.29, 0.717) is 22.7 Å². The molecular weight excluding hydrogens is 396 g/mol. The molecule has 1 heterocycles. The van der Waals surface area contributed by atoms with Crippen molar-refractivity contribution in [2.45, 2.75) is 33.7 Å². The summed E-state index contributed by atoms with van der Waals surface area (Å²) in [6.45, 7) is 6.68. The Balaban J connectivity index is 1.72. The topological polar surface area (TPSA) is 67.4 Å². The largest absolute Gasteiger partial charge is 0.462 e. The fraction of sp³-hybridized carbons (Fsp3) is 0.250. The summed E-state index contributed by atoms with van der Waals surface area (Å²) < 4.78 is 5.09. The summed E-state index contributed by atoms with van der Waals surface area (Å²) in [5.41, 5.74) is 4.29. The second-order valence-electron chi connectivity index (χ2n) is 6.84. The molecule has 0 aliphatic rings. The number of carbonyl (C=O) groups excluding carboxylic acids is 2. The van der Waals surface area contributed by atoms with Crippen LogP contribution in [0.15, 0.2) is 54.6 Å². The van der Waals surface area contributed by atoms with Crippen LogP contribution in [0.1, 0.15) is 50.6 Å². The maximum atomic E-state index is 12.8. The van der Waals surface area contributed by atoms with Gasteiger partial charge in [-0.1, -0.05) is 37.3 Å². The highest BCUT2D eigenvalue weighted by atomic mass is 32.1. The van der Waals surface area contributed by atoms with Crippen molar-refractivity contribution in [3.8, 4) is 0 Å². The van der Waals surface area contributed by atoms with E-state index in [1.807, 2.05) is 37.3 Å². The van der Waals surface area contributed by atoms with Gasteiger partial charge in [0.2, 0.25) is 0 Å². The number of carbonyl (C=O) groups is 2. The number of anilines is 2. The number of hydrogen-bond donors (Lipinski definition) is 2. The molecule has 0 radical (unpaired) electrons. The number of amides is 1. The third-order valence-corrected chi connectivity index (χ3v) is 5.61. The van der Waals surface area contributed by atoms with Crippen LogP contribution in [0.4, 0.5) is 10.7 Å². The molecule has 5 nitrogen and oxygen atoms in total. The van der Waals surface area contributed by atoms with Crippen molar-refractivity contribution < 1.29 is 14.3 Å². The Hall–Kier alpha value is -3.12. The molecule has 0 aliphatic carbocycles. The third kappa shape index (κ3) is 5.27. The van der Waals surface area contributed by atoms with Gasteiger partial charge in [-0.05, 0) is 55.7 Å². The van der Waals surface area contributed by atoms with E-state index in [1.165, 1.54) is 16.9 Å². The molecule has 0 atom stereocenters. The van der Waals surface area contributed by atoms with Crippen LogP contribution in [-0.4, -0.2) is 18.5 Å². The molecule has 2 aromatic carbocycles. The minimum Gasteiger partial charge on any atom is -0.462 e. The fourth-order valence-electron chi connectivity index (χ4n) is 3.16. The van der Waals surface area contributed by atoms with E-state index in [-0.39, 0.29) is 12.5 Å². The van der Waals surface area contributed by atoms with Crippen LogP contribution in [-0.2, 0) is 17.7 Å². The van der Waals surface area contributed by atoms with Crippen molar-refractivity contribution in [1.29, 1.82) is 0 Å². The number of rotatable bonds is 8. The molecule has 0 aliphatic heterocycles. The first-order valence-electron chi connectivity index (χ1n) is 10.0. The summed E-state index contributed by atoms with van der Waals surface area (Å²) in [6.07, 6.45) is 0.953. The number of para-hydroxylation sites is 1. The molecule has 3 rings (SSSR count). The van der Waals surface area contributed by atoms with Crippen LogP contribution >= 0.6 is 11.3 Å². The van der Waals surface area contributed by atoms with Crippen LogP contribution in [0.2, 0.25) is 0 Å². The monoisotopic (exact) mass is 422 g/mol. The highest BCUT2D eigenvalue weighted by molar-refractivity contribution is 7.16. The highest BCUT2D eigenvalue weighted by Gasteiger charge is 2.18. The van der Waals surface area contributed by atoms with Gasteiger partial charge in [0.1, 0.15) is 5.00 Å². The molecule has 156 valence electrons. The second kappa shape index (κ2) is 10.1. The summed E-state index contributed by atoms with van der Waals surface area (Å²) in [7, 11) is 0. The lowest BCUT2D eigenvalue weighted by molar-refractivity contribution is 0.0528. The van der Waals surface area contributed by atoms with Gasteiger partial charge >= 0.3 is 5.97 Å². The van der Waals surface area contributed by atoms with Crippen LogP contribution in [0.3, 0.4) is 0 Å². The van der Waals surface area contributed by atoms with Crippen molar-refractivity contribution in [1.82, 2.24) is 0 Å². The summed E-state index contributed by atoms with van der Waals surface area (Å²) >= 11 is 1.36. The van der Waals surface area contributed by atoms with Crippen LogP contribution in [0, 0.1) is 6.92 Å². The smallest absolute Gasteiger partial charge is 0.341 e. The number of thiophene rings is 1. The molecule has 0 saturated heterocycles. The molecule has 1 aromatic heterocycles. The van der Waals surface area contributed by atoms with E-state index in [9.17, 15) is 9.59 Å². The normalized spacial score (nSPS) is 10.5. The number of hydrogen-bond acceptors (Lipinski definition) is 5. The van der Waals surface area contributed by atoms with Crippen molar-refractivity contribution >= 4 is 33.9 Å². The average Bonchev–Trinajstić information content (AvgIpc) is 3.13. The van der Waals surface area contributed by atoms with E-state index in [0.717, 1.165) is 22.5 Å². The molecule has 0 unspecified atom stereocenters. The number of esters is 1. The van der Waals surface area contributed by atoms with E-state index in [4.69, 9.17) is 4.74 Å². The molecule has 0 saturated carbocycles. The molecule has 0 bridgehead atoms. The van der Waals surface area contributed by atoms with Gasteiger partial charge in [-0.2, -0.15) is 0 Å². The molecule has 0 fully saturated rings. The number of nitrogens with one attached hydrogen (secondary N) is 2. The lowest BCUT2D eigenvalue weighted by Crippen LogP contribution is -2.14. The maximum absolute atomic E-state index is 12.8. The quantitative estimate of drug-likeness (QED) is 0.460. The SMILES string of the molecule is CCOC(=O)c1cc(C)sc1NC(=O)c1cccc(CNc2ccccc2CC)c1. The van der Waals surface area contributed by atoms with Gasteiger partial charge in [0, 0.05) is 22.7 Å². The zero-order valence-electron chi connectivity index (χ0n) is 17.5. The minimum atomic E-state index is -0.426. The lowest BCUT2D eigenvalue weighted by Gasteiger charge is -2.12. The van der Waals surface area contributed by atoms with Gasteiger partial charge in [-0.25, -0.2) is 4.79 Å². The van der Waals surface area contributed by atoms with Gasteiger partial charge in [-0.3, -0.25) is 4.79 Å². The van der Waals surface area contributed by atoms with E-state index < -0.39 is 5.97 Å². The van der Waals surface area contributed by atoms with Crippen molar-refractivity contribution in [2.75, 3.05) is 17.2 Å². The first-order chi connectivity index (χ1) is 14.5. The van der Waals surface area contributed by atoms with Crippen molar-refractivity contribution in [2.24, 2.45) is 0 Å². The molecular formula is C24H26N2O3S. The second-order valence-corrected chi connectivity index (χ2v) is 8.10. The molecule has 0 spiro atoms. The standard InChI is InChI=1S/C24H26N2O3S/c1-4-18-10-6-7-12-21(18)25-15-17-9-8-11-19(14-17)22(27)26-23-20(13-16(3)30-23)24(28)29-5-2/h6-14,25H,4-5,15H2,1-3H3,(H,26,27). The summed E-state index contributed by atoms with van der Waals surface area (Å²) in [4.78, 5) is 25.9. The zero-order valence-corrected chi connectivity index (χ0v) is 18.3. The summed E-state index contributed by atoms with van der Waals surface area (Å²) in [6, 6.07) is 17.4. The van der Waals surface area contributed by atoms with E-state index in [2.05, 4.69) is 29.7 Å². The van der Waals surface area contributed by atoms with Gasteiger partial charge in [0.05, 0.1) is 12.2 Å². The highest BCUT2D eigenvalue weighted by Crippen LogP contribution is 2.29. The van der Waals surface area contributed by atoms with Crippen LogP contribution < -0.4 is 10.6 Å². The van der Waals surface area contributed by atoms with Gasteiger partial charge in [0.25, 0.3) is 5.91 Å². The predicted octanol–water partition coefficient (Wildman–Crippen LogP) is 5.66. The van der Waals surface area contributed by atoms with Crippen molar-refractivity contribution in [3.63, 3.8) is 0 Å². The Morgan fingerprint density at radius 3 is 2.60 bits per heavy atom. The van der Waals surface area contributed by atoms with Crippen LogP contribution in [0.5, 0.6) is 0 Å². The average molecular weight is 423 g/mol. The first-order valence-corrected chi connectivity index (χ1v) is 10.8. The van der Waals surface area contributed by atoms with E-state index in [1.54, 1.807) is 19.1 Å². The molecule has 3 aromatic rings. The Morgan fingerprint density at radius 2 is 1.83 bits per heavy atom. The summed E-state index contributed by atoms with van der Waals surface area (Å²) in [5, 5.41) is 6.82. The molecule has 6 heteroatoms. The molecule has 1 amide bonds. The zero-order chi connectivity index (χ0) is 21.5. The van der Waals surface area contributed by atoms with Crippen LogP contribution in [0.25, 0.3) is 0 Å². The number of benzene rings is 2. The van der Waals surface area contributed by atoms with Gasteiger partial charge in [0.15, 0.2) is 0 Å². The number of ether oxygens (including phenoxy) is 1. The molecule has 2 N–H and O–H groups in total. The first kappa shape index (κ1) is 21.6. The summed E-state index contributed by atoms with van der Waals surface area (Å²) in [5.74, 6) is -0.678. The Kier molecular flexibility index (Phi) is 7.25. The lowest BCUT2D eigenvalue weighted by atomic mass is 10.1. The van der Waals surface area contributed by atoms with E-state index >= 15 is 0 Å². The molecule has 30 heavy (non-hydrogen) atoms. The third-order valence-electron chi connectivity index (χ3n) is 4.65. The minimum absolute atomic E-state index is 0.252.